The molecule has 0 bridgehead atoms. The van der Waals surface area contributed by atoms with Crippen molar-refractivity contribution >= 4 is 11.9 Å². The summed E-state index contributed by atoms with van der Waals surface area (Å²) in [6.45, 7) is 0.499. The zero-order valence-corrected chi connectivity index (χ0v) is 9.29. The Morgan fingerprint density at radius 3 is 2.82 bits per heavy atom. The number of likely N-dealkylation sites (tertiary alicyclic amines) is 1. The predicted molar refractivity (Wildman–Crippen MR) is 57.8 cm³/mol. The monoisotopic (exact) mass is 236 g/mol. The number of aliphatic carboxylic acids is 1. The van der Waals surface area contributed by atoms with Crippen molar-refractivity contribution in [3.8, 4) is 5.75 Å². The first-order chi connectivity index (χ1) is 8.13. The van der Waals surface area contributed by atoms with E-state index in [1.54, 1.807) is 6.07 Å². The molecule has 0 atom stereocenters. The molecule has 1 aromatic rings. The first kappa shape index (κ1) is 11.4. The van der Waals surface area contributed by atoms with Gasteiger partial charge in [0.15, 0.2) is 0 Å². The second kappa shape index (κ2) is 4.40. The Labute approximate surface area is 97.8 Å². The quantitative estimate of drug-likeness (QED) is 0.813. The van der Waals surface area contributed by atoms with Crippen LogP contribution in [0.2, 0.25) is 0 Å². The third kappa shape index (κ3) is 2.06. The number of carbonyl (C=O) groups excluding carboxylic acids is 1. The van der Waals surface area contributed by atoms with Gasteiger partial charge < -0.3 is 14.7 Å². The standard InChI is InChI=1S/C11H12N2O4/c1-17-9-4-12-3-2-8(9)10(14)13-5-7(6-13)11(15)16/h2-4,7H,5-6H2,1H3,(H,15,16). The maximum Gasteiger partial charge on any atom is 0.310 e. The Kier molecular flexibility index (Phi) is 2.95. The largest absolute Gasteiger partial charge is 0.494 e. The van der Waals surface area contributed by atoms with Gasteiger partial charge >= 0.3 is 5.97 Å². The molecule has 1 amide bonds. The van der Waals surface area contributed by atoms with Gasteiger partial charge in [0, 0.05) is 19.3 Å². The number of nitrogens with zero attached hydrogens (tertiary/aromatic N) is 2. The highest BCUT2D eigenvalue weighted by Crippen LogP contribution is 2.23. The third-order valence-corrected chi connectivity index (χ3v) is 2.75. The number of aromatic nitrogens is 1. The van der Waals surface area contributed by atoms with E-state index in [2.05, 4.69) is 4.98 Å². The fraction of sp³-hybridized carbons (Fsp3) is 0.364. The van der Waals surface area contributed by atoms with Crippen LogP contribution in [-0.2, 0) is 4.79 Å². The highest BCUT2D eigenvalue weighted by atomic mass is 16.5. The molecular formula is C11H12N2O4. The lowest BCUT2D eigenvalue weighted by Gasteiger charge is -2.36. The zero-order valence-electron chi connectivity index (χ0n) is 9.29. The number of carbonyl (C=O) groups is 2. The number of amides is 1. The van der Waals surface area contributed by atoms with E-state index >= 15 is 0 Å². The van der Waals surface area contributed by atoms with E-state index in [0.717, 1.165) is 0 Å². The Balaban J connectivity index is 2.09. The van der Waals surface area contributed by atoms with Crippen LogP contribution in [-0.4, -0.2) is 47.1 Å². The van der Waals surface area contributed by atoms with Crippen LogP contribution in [0.5, 0.6) is 5.75 Å². The van der Waals surface area contributed by atoms with Crippen molar-refractivity contribution in [1.29, 1.82) is 0 Å². The van der Waals surface area contributed by atoms with E-state index in [0.29, 0.717) is 11.3 Å². The van der Waals surface area contributed by atoms with Gasteiger partial charge in [0.05, 0.1) is 24.8 Å². The Morgan fingerprint density at radius 1 is 1.53 bits per heavy atom. The minimum absolute atomic E-state index is 0.221. The summed E-state index contributed by atoms with van der Waals surface area (Å²) < 4.78 is 5.03. The lowest BCUT2D eigenvalue weighted by molar-refractivity contribution is -0.146. The molecule has 0 spiro atoms. The molecule has 6 heteroatoms. The van der Waals surface area contributed by atoms with Crippen LogP contribution in [0.25, 0.3) is 0 Å². The van der Waals surface area contributed by atoms with Crippen molar-refractivity contribution < 1.29 is 19.4 Å². The summed E-state index contributed by atoms with van der Waals surface area (Å²) in [5, 5.41) is 8.73. The second-order valence-electron chi connectivity index (χ2n) is 3.82. The van der Waals surface area contributed by atoms with Crippen LogP contribution < -0.4 is 4.74 Å². The molecule has 90 valence electrons. The fourth-order valence-electron chi connectivity index (χ4n) is 1.69. The summed E-state index contributed by atoms with van der Waals surface area (Å²) in [4.78, 5) is 28.0. The van der Waals surface area contributed by atoms with Crippen molar-refractivity contribution in [2.45, 2.75) is 0 Å². The van der Waals surface area contributed by atoms with E-state index in [9.17, 15) is 9.59 Å². The van der Waals surface area contributed by atoms with Gasteiger partial charge in [0.25, 0.3) is 5.91 Å². The number of pyridine rings is 1. The van der Waals surface area contributed by atoms with Crippen molar-refractivity contribution in [3.63, 3.8) is 0 Å². The maximum absolute atomic E-state index is 12.0. The number of methoxy groups -OCH3 is 1. The van der Waals surface area contributed by atoms with E-state index < -0.39 is 11.9 Å². The number of carboxylic acids is 1. The van der Waals surface area contributed by atoms with E-state index in [1.165, 1.54) is 24.4 Å². The summed E-state index contributed by atoms with van der Waals surface area (Å²) in [7, 11) is 1.46. The SMILES string of the molecule is COc1cnccc1C(=O)N1CC(C(=O)O)C1. The molecule has 1 saturated heterocycles. The molecule has 1 aliphatic heterocycles. The topological polar surface area (TPSA) is 79.7 Å². The van der Waals surface area contributed by atoms with Crippen molar-refractivity contribution in [2.75, 3.05) is 20.2 Å². The zero-order chi connectivity index (χ0) is 12.4. The van der Waals surface area contributed by atoms with Gasteiger partial charge in [-0.3, -0.25) is 14.6 Å². The molecule has 6 nitrogen and oxygen atoms in total. The van der Waals surface area contributed by atoms with Gasteiger partial charge in [0.1, 0.15) is 5.75 Å². The van der Waals surface area contributed by atoms with Gasteiger partial charge in [0.2, 0.25) is 0 Å². The molecule has 2 heterocycles. The number of ether oxygens (including phenoxy) is 1. The van der Waals surface area contributed by atoms with E-state index in [4.69, 9.17) is 9.84 Å². The molecule has 1 aromatic heterocycles. The van der Waals surface area contributed by atoms with Gasteiger partial charge in [-0.1, -0.05) is 0 Å². The summed E-state index contributed by atoms with van der Waals surface area (Å²) >= 11 is 0. The van der Waals surface area contributed by atoms with Crippen LogP contribution in [0.1, 0.15) is 10.4 Å². The average Bonchev–Trinajstić information content (AvgIpc) is 2.26. The summed E-state index contributed by atoms with van der Waals surface area (Å²) in [5.41, 5.74) is 0.409. The lowest BCUT2D eigenvalue weighted by atomic mass is 9.99. The maximum atomic E-state index is 12.0. The van der Waals surface area contributed by atoms with Crippen molar-refractivity contribution in [3.05, 3.63) is 24.0 Å². The van der Waals surface area contributed by atoms with Crippen molar-refractivity contribution in [1.82, 2.24) is 9.88 Å². The normalized spacial score (nSPS) is 15.2. The molecule has 0 saturated carbocycles. The Bertz CT molecular complexity index is 455. The van der Waals surface area contributed by atoms with Crippen molar-refractivity contribution in [2.24, 2.45) is 5.92 Å². The Hall–Kier alpha value is -2.11. The molecule has 0 unspecified atom stereocenters. The van der Waals surface area contributed by atoms with Gasteiger partial charge in [-0.25, -0.2) is 0 Å². The summed E-state index contributed by atoms with van der Waals surface area (Å²) in [6, 6.07) is 1.56. The minimum Gasteiger partial charge on any atom is -0.494 e. The molecular weight excluding hydrogens is 224 g/mol. The van der Waals surface area contributed by atoms with Gasteiger partial charge in [-0.05, 0) is 6.07 Å². The number of carboxylic acid groups (broad SMARTS) is 1. The third-order valence-electron chi connectivity index (χ3n) is 2.75. The summed E-state index contributed by atoms with van der Waals surface area (Å²) in [6.07, 6.45) is 2.96. The highest BCUT2D eigenvalue weighted by molar-refractivity contribution is 5.98. The number of hydrogen-bond acceptors (Lipinski definition) is 4. The van der Waals surface area contributed by atoms with Crippen LogP contribution in [0.15, 0.2) is 18.5 Å². The predicted octanol–water partition coefficient (Wildman–Crippen LogP) is 0.247. The Morgan fingerprint density at radius 2 is 2.24 bits per heavy atom. The number of hydrogen-bond donors (Lipinski definition) is 1. The number of rotatable bonds is 3. The second-order valence-corrected chi connectivity index (χ2v) is 3.82. The van der Waals surface area contributed by atoms with Gasteiger partial charge in [-0.2, -0.15) is 0 Å². The fourth-order valence-corrected chi connectivity index (χ4v) is 1.69. The molecule has 0 aliphatic carbocycles. The molecule has 0 radical (unpaired) electrons. The van der Waals surface area contributed by atoms with Crippen LogP contribution in [0.3, 0.4) is 0 Å². The molecule has 1 N–H and O–H groups in total. The highest BCUT2D eigenvalue weighted by Gasteiger charge is 2.36. The average molecular weight is 236 g/mol. The first-order valence-electron chi connectivity index (χ1n) is 5.13. The minimum atomic E-state index is -0.865. The molecule has 2 rings (SSSR count). The lowest BCUT2D eigenvalue weighted by Crippen LogP contribution is -2.53. The van der Waals surface area contributed by atoms with Gasteiger partial charge in [-0.15, -0.1) is 0 Å². The first-order valence-corrected chi connectivity index (χ1v) is 5.13. The molecule has 17 heavy (non-hydrogen) atoms. The van der Waals surface area contributed by atoms with Crippen LogP contribution in [0.4, 0.5) is 0 Å². The summed E-state index contributed by atoms with van der Waals surface area (Å²) in [5.74, 6) is -1.14. The van der Waals surface area contributed by atoms with Crippen LogP contribution >= 0.6 is 0 Å². The van der Waals surface area contributed by atoms with E-state index in [1.807, 2.05) is 0 Å². The molecule has 1 aliphatic rings. The van der Waals surface area contributed by atoms with Crippen LogP contribution in [0, 0.1) is 5.92 Å². The molecule has 1 fully saturated rings. The molecule has 0 aromatic carbocycles. The van der Waals surface area contributed by atoms with E-state index in [-0.39, 0.29) is 19.0 Å². The smallest absolute Gasteiger partial charge is 0.310 e.